The van der Waals surface area contributed by atoms with E-state index in [1.807, 2.05) is 30.1 Å². The number of amides is 2. The Morgan fingerprint density at radius 2 is 1.96 bits per heavy atom. The quantitative estimate of drug-likeness (QED) is 0.791. The van der Waals surface area contributed by atoms with E-state index in [4.69, 9.17) is 0 Å². The molecule has 1 atom stereocenters. The molecule has 1 N–H and O–H groups in total. The van der Waals surface area contributed by atoms with E-state index in [0.717, 1.165) is 35.8 Å². The summed E-state index contributed by atoms with van der Waals surface area (Å²) in [5, 5.41) is 3.10. The third-order valence-electron chi connectivity index (χ3n) is 4.88. The summed E-state index contributed by atoms with van der Waals surface area (Å²) in [5.74, 6) is 0.885. The lowest BCUT2D eigenvalue weighted by atomic mass is 10.2. The second-order valence-corrected chi connectivity index (χ2v) is 8.03. The fraction of sp³-hybridized carbons (Fsp3) is 0.381. The average Bonchev–Trinajstić information content (AvgIpc) is 3.08. The van der Waals surface area contributed by atoms with Crippen LogP contribution in [0, 0.1) is 6.92 Å². The second kappa shape index (κ2) is 8.60. The lowest BCUT2D eigenvalue weighted by Crippen LogP contribution is -2.41. The van der Waals surface area contributed by atoms with Gasteiger partial charge in [-0.15, -0.1) is 11.8 Å². The number of hydrogen-bond acceptors (Lipinski definition) is 3. The summed E-state index contributed by atoms with van der Waals surface area (Å²) in [5.41, 5.74) is 3.44. The maximum atomic E-state index is 12.7. The summed E-state index contributed by atoms with van der Waals surface area (Å²) in [7, 11) is 3.99. The summed E-state index contributed by atoms with van der Waals surface area (Å²) >= 11 is 1.75. The smallest absolute Gasteiger partial charge is 0.321 e. The highest BCUT2D eigenvalue weighted by atomic mass is 32.2. The lowest BCUT2D eigenvalue weighted by Gasteiger charge is -2.25. The number of para-hydroxylation sites is 1. The molecule has 1 unspecified atom stereocenters. The highest BCUT2D eigenvalue weighted by molar-refractivity contribution is 7.98. The van der Waals surface area contributed by atoms with Crippen LogP contribution in [0.3, 0.4) is 0 Å². The Morgan fingerprint density at radius 3 is 2.65 bits per heavy atom. The highest BCUT2D eigenvalue weighted by Crippen LogP contribution is 2.30. The van der Waals surface area contributed by atoms with Crippen molar-refractivity contribution in [2.45, 2.75) is 30.0 Å². The number of likely N-dealkylation sites (N-methyl/N-ethyl adjacent to an activating group) is 2. The van der Waals surface area contributed by atoms with Gasteiger partial charge in [-0.25, -0.2) is 4.79 Å². The molecule has 0 saturated carbocycles. The van der Waals surface area contributed by atoms with Crippen molar-refractivity contribution in [1.82, 2.24) is 9.80 Å². The van der Waals surface area contributed by atoms with E-state index >= 15 is 0 Å². The number of nitrogens with zero attached hydrogens (tertiary/aromatic N) is 2. The van der Waals surface area contributed by atoms with Crippen molar-refractivity contribution in [3.05, 3.63) is 59.7 Å². The number of carbonyl (C=O) groups is 1. The zero-order valence-electron chi connectivity index (χ0n) is 15.7. The molecule has 1 heterocycles. The van der Waals surface area contributed by atoms with Gasteiger partial charge in [-0.05, 0) is 44.6 Å². The molecule has 1 aliphatic rings. The van der Waals surface area contributed by atoms with Gasteiger partial charge in [0.25, 0.3) is 0 Å². The SMILES string of the molecule is Cc1ccc(CSc2ccccc2NC(=O)N(C)C2CCN(C)C2)cc1. The normalized spacial score (nSPS) is 17.3. The molecule has 0 aliphatic carbocycles. The van der Waals surface area contributed by atoms with Crippen LogP contribution in [0.15, 0.2) is 53.4 Å². The number of benzene rings is 2. The zero-order chi connectivity index (χ0) is 18.5. The molecule has 2 aromatic carbocycles. The number of aryl methyl sites for hydroxylation is 1. The molecule has 2 aromatic rings. The van der Waals surface area contributed by atoms with Gasteiger partial charge in [0, 0.05) is 30.3 Å². The third-order valence-corrected chi connectivity index (χ3v) is 6.02. The number of anilines is 1. The maximum absolute atomic E-state index is 12.7. The minimum Gasteiger partial charge on any atom is -0.323 e. The van der Waals surface area contributed by atoms with Crippen LogP contribution in [0.2, 0.25) is 0 Å². The van der Waals surface area contributed by atoms with Crippen LogP contribution in [0.25, 0.3) is 0 Å². The molecular formula is C21H27N3OS. The summed E-state index contributed by atoms with van der Waals surface area (Å²) in [6, 6.07) is 16.9. The summed E-state index contributed by atoms with van der Waals surface area (Å²) in [6.45, 7) is 4.08. The summed E-state index contributed by atoms with van der Waals surface area (Å²) in [4.78, 5) is 17.9. The number of nitrogens with one attached hydrogen (secondary N) is 1. The molecule has 138 valence electrons. The first-order valence-corrected chi connectivity index (χ1v) is 10.0. The molecule has 0 aromatic heterocycles. The molecule has 3 rings (SSSR count). The van der Waals surface area contributed by atoms with E-state index in [1.54, 1.807) is 11.8 Å². The van der Waals surface area contributed by atoms with E-state index in [2.05, 4.69) is 54.5 Å². The van der Waals surface area contributed by atoms with Gasteiger partial charge in [-0.3, -0.25) is 0 Å². The number of likely N-dealkylation sites (tertiary alicyclic amines) is 1. The van der Waals surface area contributed by atoms with Crippen LogP contribution in [-0.2, 0) is 5.75 Å². The van der Waals surface area contributed by atoms with Gasteiger partial charge < -0.3 is 15.1 Å². The Hall–Kier alpha value is -1.98. The largest absolute Gasteiger partial charge is 0.323 e. The van der Waals surface area contributed by atoms with Crippen molar-refractivity contribution < 1.29 is 4.79 Å². The van der Waals surface area contributed by atoms with Crippen LogP contribution in [0.4, 0.5) is 10.5 Å². The Morgan fingerprint density at radius 1 is 1.23 bits per heavy atom. The number of hydrogen-bond donors (Lipinski definition) is 1. The minimum absolute atomic E-state index is 0.0336. The first-order valence-electron chi connectivity index (χ1n) is 9.02. The standard InChI is InChI=1S/C21H27N3OS/c1-16-8-10-17(11-9-16)15-26-20-7-5-4-6-19(20)22-21(25)24(3)18-12-13-23(2)14-18/h4-11,18H,12-15H2,1-3H3,(H,22,25). The molecule has 1 aliphatic heterocycles. The topological polar surface area (TPSA) is 35.6 Å². The molecule has 2 amide bonds. The van der Waals surface area contributed by atoms with E-state index < -0.39 is 0 Å². The van der Waals surface area contributed by atoms with Crippen molar-refractivity contribution >= 4 is 23.5 Å². The van der Waals surface area contributed by atoms with Crippen LogP contribution in [-0.4, -0.2) is 49.1 Å². The Bertz CT molecular complexity index is 747. The van der Waals surface area contributed by atoms with E-state index in [1.165, 1.54) is 11.1 Å². The van der Waals surface area contributed by atoms with Crippen molar-refractivity contribution in [1.29, 1.82) is 0 Å². The van der Waals surface area contributed by atoms with Crippen LogP contribution in [0.5, 0.6) is 0 Å². The molecule has 26 heavy (non-hydrogen) atoms. The van der Waals surface area contributed by atoms with E-state index in [0.29, 0.717) is 0 Å². The first kappa shape index (κ1) is 18.8. The molecule has 5 heteroatoms. The molecule has 0 bridgehead atoms. The molecule has 4 nitrogen and oxygen atoms in total. The monoisotopic (exact) mass is 369 g/mol. The van der Waals surface area contributed by atoms with Crippen molar-refractivity contribution in [2.24, 2.45) is 0 Å². The van der Waals surface area contributed by atoms with Crippen LogP contribution < -0.4 is 5.32 Å². The van der Waals surface area contributed by atoms with Gasteiger partial charge in [-0.1, -0.05) is 42.0 Å². The molecule has 1 fully saturated rings. The number of thioether (sulfide) groups is 1. The zero-order valence-corrected chi connectivity index (χ0v) is 16.6. The van der Waals surface area contributed by atoms with Gasteiger partial charge in [0.2, 0.25) is 0 Å². The summed E-state index contributed by atoms with van der Waals surface area (Å²) in [6.07, 6.45) is 1.03. The fourth-order valence-corrected chi connectivity index (χ4v) is 4.10. The third kappa shape index (κ3) is 4.80. The van der Waals surface area contributed by atoms with Crippen LogP contribution >= 0.6 is 11.8 Å². The first-order chi connectivity index (χ1) is 12.5. The van der Waals surface area contributed by atoms with Gasteiger partial charge in [0.05, 0.1) is 5.69 Å². The number of urea groups is 1. The fourth-order valence-electron chi connectivity index (χ4n) is 3.14. The molecule has 0 radical (unpaired) electrons. The minimum atomic E-state index is -0.0336. The number of carbonyl (C=O) groups excluding carboxylic acids is 1. The Balaban J connectivity index is 1.63. The molecular weight excluding hydrogens is 342 g/mol. The van der Waals surface area contributed by atoms with Gasteiger partial charge in [0.1, 0.15) is 0 Å². The lowest BCUT2D eigenvalue weighted by molar-refractivity contribution is 0.204. The predicted molar refractivity (Wildman–Crippen MR) is 110 cm³/mol. The maximum Gasteiger partial charge on any atom is 0.321 e. The molecule has 1 saturated heterocycles. The van der Waals surface area contributed by atoms with E-state index in [-0.39, 0.29) is 12.1 Å². The van der Waals surface area contributed by atoms with Crippen molar-refractivity contribution in [2.75, 3.05) is 32.5 Å². The van der Waals surface area contributed by atoms with Crippen molar-refractivity contribution in [3.8, 4) is 0 Å². The highest BCUT2D eigenvalue weighted by Gasteiger charge is 2.26. The van der Waals surface area contributed by atoms with Crippen molar-refractivity contribution in [3.63, 3.8) is 0 Å². The Labute approximate surface area is 160 Å². The van der Waals surface area contributed by atoms with E-state index in [9.17, 15) is 4.79 Å². The number of rotatable bonds is 5. The van der Waals surface area contributed by atoms with Crippen LogP contribution in [0.1, 0.15) is 17.5 Å². The van der Waals surface area contributed by atoms with Gasteiger partial charge in [-0.2, -0.15) is 0 Å². The second-order valence-electron chi connectivity index (χ2n) is 7.02. The molecule has 0 spiro atoms. The average molecular weight is 370 g/mol. The Kier molecular flexibility index (Phi) is 6.22. The van der Waals surface area contributed by atoms with Gasteiger partial charge >= 0.3 is 6.03 Å². The summed E-state index contributed by atoms with van der Waals surface area (Å²) < 4.78 is 0. The van der Waals surface area contributed by atoms with Gasteiger partial charge in [0.15, 0.2) is 0 Å². The predicted octanol–water partition coefficient (Wildman–Crippen LogP) is 4.46.